The quantitative estimate of drug-likeness (QED) is 0.590. The first kappa shape index (κ1) is 16.5. The zero-order valence-electron chi connectivity index (χ0n) is 14.6. The monoisotopic (exact) mass is 365 g/mol. The molecule has 0 aromatic carbocycles. The summed E-state index contributed by atoms with van der Waals surface area (Å²) in [6.45, 7) is 5.01. The van der Waals surface area contributed by atoms with Crippen LogP contribution in [-0.4, -0.2) is 31.6 Å². The minimum Gasteiger partial charge on any atom is -0.349 e. The van der Waals surface area contributed by atoms with Gasteiger partial charge in [0, 0.05) is 18.4 Å². The lowest BCUT2D eigenvalue weighted by Crippen LogP contribution is -2.29. The predicted molar refractivity (Wildman–Crippen MR) is 103 cm³/mol. The Labute approximate surface area is 155 Å². The topological polar surface area (TPSA) is 64.2 Å². The molecule has 26 heavy (non-hydrogen) atoms. The SMILES string of the molecule is Cc1nc2ccccn2c1C(=O)NCCn1nc(-c2cccs2)cc1C. The van der Waals surface area contributed by atoms with Gasteiger partial charge in [-0.15, -0.1) is 11.3 Å². The molecule has 4 heterocycles. The summed E-state index contributed by atoms with van der Waals surface area (Å²) in [5, 5.41) is 9.66. The van der Waals surface area contributed by atoms with E-state index in [1.807, 2.05) is 58.8 Å². The predicted octanol–water partition coefficient (Wildman–Crippen LogP) is 3.31. The van der Waals surface area contributed by atoms with E-state index in [-0.39, 0.29) is 5.91 Å². The first-order chi connectivity index (χ1) is 12.6. The fraction of sp³-hybridized carbons (Fsp3) is 0.211. The highest BCUT2D eigenvalue weighted by Crippen LogP contribution is 2.23. The van der Waals surface area contributed by atoms with Crippen LogP contribution in [0.25, 0.3) is 16.2 Å². The lowest BCUT2D eigenvalue weighted by Gasteiger charge is -2.07. The van der Waals surface area contributed by atoms with Gasteiger partial charge < -0.3 is 5.32 Å². The van der Waals surface area contributed by atoms with Crippen molar-refractivity contribution >= 4 is 22.9 Å². The van der Waals surface area contributed by atoms with E-state index in [4.69, 9.17) is 0 Å². The summed E-state index contributed by atoms with van der Waals surface area (Å²) in [5.74, 6) is -0.121. The van der Waals surface area contributed by atoms with Gasteiger partial charge in [-0.1, -0.05) is 12.1 Å². The van der Waals surface area contributed by atoms with Gasteiger partial charge in [0.05, 0.1) is 17.1 Å². The van der Waals surface area contributed by atoms with Crippen molar-refractivity contribution in [2.75, 3.05) is 6.54 Å². The summed E-state index contributed by atoms with van der Waals surface area (Å²) in [5.41, 5.74) is 4.13. The number of amides is 1. The average molecular weight is 365 g/mol. The van der Waals surface area contributed by atoms with Gasteiger partial charge in [-0.05, 0) is 43.5 Å². The average Bonchev–Trinajstić information content (AvgIpc) is 3.33. The van der Waals surface area contributed by atoms with E-state index in [2.05, 4.69) is 27.5 Å². The second kappa shape index (κ2) is 6.76. The van der Waals surface area contributed by atoms with Crippen molar-refractivity contribution in [3.8, 4) is 10.6 Å². The number of nitrogens with one attached hydrogen (secondary N) is 1. The van der Waals surface area contributed by atoms with E-state index in [0.29, 0.717) is 18.8 Å². The molecule has 4 rings (SSSR count). The smallest absolute Gasteiger partial charge is 0.270 e. The third-order valence-electron chi connectivity index (χ3n) is 4.28. The number of carbonyl (C=O) groups excluding carboxylic acids is 1. The van der Waals surface area contributed by atoms with Crippen LogP contribution in [0.2, 0.25) is 0 Å². The molecular formula is C19H19N5OS. The van der Waals surface area contributed by atoms with Crippen LogP contribution in [0.15, 0.2) is 48.0 Å². The number of imidazole rings is 1. The summed E-state index contributed by atoms with van der Waals surface area (Å²) >= 11 is 1.67. The number of hydrogen-bond donors (Lipinski definition) is 1. The van der Waals surface area contributed by atoms with E-state index in [1.54, 1.807) is 11.3 Å². The maximum Gasteiger partial charge on any atom is 0.270 e. The second-order valence-electron chi connectivity index (χ2n) is 6.10. The first-order valence-electron chi connectivity index (χ1n) is 8.43. The minimum absolute atomic E-state index is 0.121. The Morgan fingerprint density at radius 1 is 1.23 bits per heavy atom. The van der Waals surface area contributed by atoms with Crippen LogP contribution < -0.4 is 5.32 Å². The molecule has 0 fully saturated rings. The molecular weight excluding hydrogens is 346 g/mol. The van der Waals surface area contributed by atoms with Gasteiger partial charge in [0.15, 0.2) is 0 Å². The van der Waals surface area contributed by atoms with Crippen LogP contribution in [0.1, 0.15) is 21.9 Å². The highest BCUT2D eigenvalue weighted by molar-refractivity contribution is 7.13. The molecule has 0 aliphatic heterocycles. The molecule has 1 amide bonds. The van der Waals surface area contributed by atoms with Crippen LogP contribution in [0.3, 0.4) is 0 Å². The number of aryl methyl sites for hydroxylation is 2. The van der Waals surface area contributed by atoms with Gasteiger partial charge >= 0.3 is 0 Å². The lowest BCUT2D eigenvalue weighted by molar-refractivity contribution is 0.0945. The van der Waals surface area contributed by atoms with Crippen molar-refractivity contribution in [1.29, 1.82) is 0 Å². The normalized spacial score (nSPS) is 11.2. The number of pyridine rings is 1. The Morgan fingerprint density at radius 2 is 2.12 bits per heavy atom. The van der Waals surface area contributed by atoms with Crippen LogP contribution in [0.5, 0.6) is 0 Å². The van der Waals surface area contributed by atoms with Gasteiger partial charge in [-0.3, -0.25) is 13.9 Å². The van der Waals surface area contributed by atoms with Crippen LogP contribution >= 0.6 is 11.3 Å². The molecule has 0 bridgehead atoms. The number of aromatic nitrogens is 4. The van der Waals surface area contributed by atoms with Crippen LogP contribution in [0, 0.1) is 13.8 Å². The van der Waals surface area contributed by atoms with E-state index in [0.717, 1.165) is 27.6 Å². The van der Waals surface area contributed by atoms with E-state index >= 15 is 0 Å². The van der Waals surface area contributed by atoms with Crippen LogP contribution in [0.4, 0.5) is 0 Å². The van der Waals surface area contributed by atoms with Gasteiger partial charge in [0.2, 0.25) is 0 Å². The molecule has 0 unspecified atom stereocenters. The Balaban J connectivity index is 1.45. The summed E-state index contributed by atoms with van der Waals surface area (Å²) in [6, 6.07) is 11.9. The van der Waals surface area contributed by atoms with Crippen molar-refractivity contribution in [1.82, 2.24) is 24.5 Å². The first-order valence-corrected chi connectivity index (χ1v) is 9.31. The Hall–Kier alpha value is -2.93. The largest absolute Gasteiger partial charge is 0.349 e. The van der Waals surface area contributed by atoms with Crippen molar-refractivity contribution in [3.63, 3.8) is 0 Å². The Bertz CT molecular complexity index is 1060. The molecule has 4 aromatic heterocycles. The van der Waals surface area contributed by atoms with E-state index in [9.17, 15) is 4.79 Å². The molecule has 4 aromatic rings. The fourth-order valence-corrected chi connectivity index (χ4v) is 3.71. The molecule has 0 aliphatic rings. The van der Waals surface area contributed by atoms with Crippen molar-refractivity contribution in [3.05, 3.63) is 65.1 Å². The van der Waals surface area contributed by atoms with Gasteiger partial charge in [-0.2, -0.15) is 5.10 Å². The maximum atomic E-state index is 12.6. The van der Waals surface area contributed by atoms with Gasteiger partial charge in [0.1, 0.15) is 17.0 Å². The van der Waals surface area contributed by atoms with E-state index in [1.165, 1.54) is 0 Å². The summed E-state index contributed by atoms with van der Waals surface area (Å²) in [7, 11) is 0. The highest BCUT2D eigenvalue weighted by atomic mass is 32.1. The standard InChI is InChI=1S/C19H19N5OS/c1-13-12-15(16-6-5-11-26-16)22-24(13)10-8-20-19(25)18-14(2)21-17-7-3-4-9-23(17)18/h3-7,9,11-12H,8,10H2,1-2H3,(H,20,25). The highest BCUT2D eigenvalue weighted by Gasteiger charge is 2.16. The number of carbonyl (C=O) groups is 1. The lowest BCUT2D eigenvalue weighted by atomic mass is 10.3. The van der Waals surface area contributed by atoms with Crippen molar-refractivity contribution in [2.45, 2.75) is 20.4 Å². The summed E-state index contributed by atoms with van der Waals surface area (Å²) in [4.78, 5) is 18.2. The zero-order valence-corrected chi connectivity index (χ0v) is 15.5. The Kier molecular flexibility index (Phi) is 4.30. The molecule has 132 valence electrons. The molecule has 7 heteroatoms. The molecule has 0 atom stereocenters. The van der Waals surface area contributed by atoms with Crippen molar-refractivity contribution in [2.24, 2.45) is 0 Å². The molecule has 0 saturated heterocycles. The fourth-order valence-electron chi connectivity index (χ4n) is 3.03. The number of nitrogens with zero attached hydrogens (tertiary/aromatic N) is 4. The maximum absolute atomic E-state index is 12.6. The molecule has 0 spiro atoms. The molecule has 6 nitrogen and oxygen atoms in total. The molecule has 0 radical (unpaired) electrons. The van der Waals surface area contributed by atoms with E-state index < -0.39 is 0 Å². The zero-order chi connectivity index (χ0) is 18.1. The summed E-state index contributed by atoms with van der Waals surface area (Å²) < 4.78 is 3.75. The molecule has 0 aliphatic carbocycles. The number of rotatable bonds is 5. The number of hydrogen-bond acceptors (Lipinski definition) is 4. The molecule has 0 saturated carbocycles. The number of fused-ring (bicyclic) bond motifs is 1. The second-order valence-corrected chi connectivity index (χ2v) is 7.05. The number of thiophene rings is 1. The van der Waals surface area contributed by atoms with Gasteiger partial charge in [0.25, 0.3) is 5.91 Å². The Morgan fingerprint density at radius 3 is 2.92 bits per heavy atom. The van der Waals surface area contributed by atoms with Gasteiger partial charge in [-0.25, -0.2) is 4.98 Å². The van der Waals surface area contributed by atoms with Crippen LogP contribution in [-0.2, 0) is 6.54 Å². The van der Waals surface area contributed by atoms with Crippen molar-refractivity contribution < 1.29 is 4.79 Å². The third-order valence-corrected chi connectivity index (χ3v) is 5.18. The third kappa shape index (κ3) is 3.01. The minimum atomic E-state index is -0.121. The summed E-state index contributed by atoms with van der Waals surface area (Å²) in [6.07, 6.45) is 1.86. The molecule has 1 N–H and O–H groups in total.